The van der Waals surface area contributed by atoms with Crippen molar-refractivity contribution < 1.29 is 9.18 Å². The maximum Gasteiger partial charge on any atom is 0.174 e. The minimum absolute atomic E-state index is 0.145. The Hall–Kier alpha value is -1.62. The number of halogens is 1. The first kappa shape index (κ1) is 9.47. The molecule has 2 heteroatoms. The van der Waals surface area contributed by atoms with E-state index in [9.17, 15) is 9.18 Å². The van der Waals surface area contributed by atoms with Crippen LogP contribution in [0.2, 0.25) is 0 Å². The van der Waals surface area contributed by atoms with Gasteiger partial charge in [0.15, 0.2) is 5.78 Å². The first-order chi connectivity index (χ1) is 6.24. The van der Waals surface area contributed by atoms with E-state index in [0.717, 1.165) is 0 Å². The van der Waals surface area contributed by atoms with Gasteiger partial charge in [0.25, 0.3) is 0 Å². The van der Waals surface area contributed by atoms with E-state index in [1.807, 2.05) is 0 Å². The molecule has 0 bridgehead atoms. The molecule has 0 spiro atoms. The van der Waals surface area contributed by atoms with E-state index in [1.54, 1.807) is 13.0 Å². The third-order valence-electron chi connectivity index (χ3n) is 1.57. The van der Waals surface area contributed by atoms with Crippen LogP contribution < -0.4 is 0 Å². The molecule has 0 aliphatic rings. The first-order valence-corrected chi connectivity index (χ1v) is 3.92. The lowest BCUT2D eigenvalue weighted by Gasteiger charge is -1.95. The lowest BCUT2D eigenvalue weighted by atomic mass is 10.1. The zero-order valence-corrected chi connectivity index (χ0v) is 7.30. The van der Waals surface area contributed by atoms with Crippen LogP contribution in [0.4, 0.5) is 4.39 Å². The lowest BCUT2D eigenvalue weighted by molar-refractivity contribution is 0.0997. The molecule has 0 aliphatic carbocycles. The number of hydrogen-bond donors (Lipinski definition) is 0. The van der Waals surface area contributed by atoms with E-state index >= 15 is 0 Å². The Kier molecular flexibility index (Phi) is 3.22. The van der Waals surface area contributed by atoms with Gasteiger partial charge in [0, 0.05) is 5.56 Å². The van der Waals surface area contributed by atoms with Crippen LogP contribution in [0, 0.1) is 17.7 Å². The molecule has 1 nitrogen and oxygen atoms in total. The number of carbonyl (C=O) groups excluding carboxylic acids is 1. The first-order valence-electron chi connectivity index (χ1n) is 3.92. The molecular formula is C11H9FO. The molecule has 0 saturated heterocycles. The Bertz CT molecular complexity index is 371. The van der Waals surface area contributed by atoms with Crippen molar-refractivity contribution in [3.63, 3.8) is 0 Å². The van der Waals surface area contributed by atoms with Crippen molar-refractivity contribution in [1.82, 2.24) is 0 Å². The quantitative estimate of drug-likeness (QED) is 0.499. The van der Waals surface area contributed by atoms with Crippen LogP contribution in [0.1, 0.15) is 23.7 Å². The van der Waals surface area contributed by atoms with Crippen LogP contribution in [0.15, 0.2) is 24.3 Å². The smallest absolute Gasteiger partial charge is 0.174 e. The molecular weight excluding hydrogens is 167 g/mol. The second-order valence-corrected chi connectivity index (χ2v) is 2.54. The van der Waals surface area contributed by atoms with Crippen LogP contribution in [0.25, 0.3) is 0 Å². The molecule has 13 heavy (non-hydrogen) atoms. The molecule has 0 heterocycles. The second kappa shape index (κ2) is 4.42. The standard InChI is InChI=1S/C11H9FO/c1-2-3-7-11(13)9-5-4-6-10(12)8-9/h4-6,8H,7H2,1H3. The molecule has 1 rings (SSSR count). The molecule has 0 saturated carbocycles. The molecule has 0 N–H and O–H groups in total. The highest BCUT2D eigenvalue weighted by molar-refractivity contribution is 5.97. The van der Waals surface area contributed by atoms with Gasteiger partial charge in [0.1, 0.15) is 5.82 Å². The highest BCUT2D eigenvalue weighted by atomic mass is 19.1. The zero-order chi connectivity index (χ0) is 9.68. The number of carbonyl (C=O) groups is 1. The van der Waals surface area contributed by atoms with Gasteiger partial charge in [-0.15, -0.1) is 5.92 Å². The molecule has 0 amide bonds. The summed E-state index contributed by atoms with van der Waals surface area (Å²) in [5.41, 5.74) is 0.378. The molecule has 1 aromatic carbocycles. The van der Waals surface area contributed by atoms with Crippen LogP contribution in [-0.2, 0) is 0 Å². The normalized spacial score (nSPS) is 8.77. The maximum atomic E-state index is 12.7. The van der Waals surface area contributed by atoms with Gasteiger partial charge in [-0.05, 0) is 19.1 Å². The van der Waals surface area contributed by atoms with E-state index < -0.39 is 5.82 Å². The molecule has 66 valence electrons. The summed E-state index contributed by atoms with van der Waals surface area (Å²) in [5.74, 6) is 4.72. The van der Waals surface area contributed by atoms with Crippen molar-refractivity contribution in [2.45, 2.75) is 13.3 Å². The number of rotatable bonds is 2. The van der Waals surface area contributed by atoms with E-state index in [4.69, 9.17) is 0 Å². The summed E-state index contributed by atoms with van der Waals surface area (Å²) < 4.78 is 12.7. The van der Waals surface area contributed by atoms with Crippen LogP contribution in [0.5, 0.6) is 0 Å². The average molecular weight is 176 g/mol. The summed E-state index contributed by atoms with van der Waals surface area (Å²) in [6.07, 6.45) is 0.153. The summed E-state index contributed by atoms with van der Waals surface area (Å²) in [4.78, 5) is 11.3. The fourth-order valence-corrected chi connectivity index (χ4v) is 0.933. The van der Waals surface area contributed by atoms with E-state index in [2.05, 4.69) is 11.8 Å². The SMILES string of the molecule is CC#CCC(=O)c1cccc(F)c1. The minimum atomic E-state index is -0.393. The van der Waals surface area contributed by atoms with E-state index in [-0.39, 0.29) is 12.2 Å². The second-order valence-electron chi connectivity index (χ2n) is 2.54. The van der Waals surface area contributed by atoms with Crippen molar-refractivity contribution in [2.75, 3.05) is 0 Å². The van der Waals surface area contributed by atoms with Gasteiger partial charge in [-0.25, -0.2) is 4.39 Å². The Morgan fingerprint density at radius 1 is 1.54 bits per heavy atom. The summed E-state index contributed by atoms with van der Waals surface area (Å²) in [7, 11) is 0. The number of ketones is 1. The summed E-state index contributed by atoms with van der Waals surface area (Å²) in [5, 5.41) is 0. The lowest BCUT2D eigenvalue weighted by Crippen LogP contribution is -1.97. The summed E-state index contributed by atoms with van der Waals surface area (Å²) >= 11 is 0. The average Bonchev–Trinajstić information content (AvgIpc) is 2.14. The van der Waals surface area contributed by atoms with Crippen molar-refractivity contribution in [3.05, 3.63) is 35.6 Å². The Morgan fingerprint density at radius 2 is 2.31 bits per heavy atom. The number of hydrogen-bond acceptors (Lipinski definition) is 1. The molecule has 0 atom stereocenters. The predicted octanol–water partition coefficient (Wildman–Crippen LogP) is 2.42. The van der Waals surface area contributed by atoms with Crippen molar-refractivity contribution in [2.24, 2.45) is 0 Å². The van der Waals surface area contributed by atoms with Crippen LogP contribution in [-0.4, -0.2) is 5.78 Å². The number of benzene rings is 1. The Labute approximate surface area is 76.6 Å². The van der Waals surface area contributed by atoms with Gasteiger partial charge < -0.3 is 0 Å². The monoisotopic (exact) mass is 176 g/mol. The van der Waals surface area contributed by atoms with Gasteiger partial charge in [0.05, 0.1) is 6.42 Å². The Balaban J connectivity index is 2.81. The van der Waals surface area contributed by atoms with E-state index in [1.165, 1.54) is 18.2 Å². The molecule has 0 radical (unpaired) electrons. The van der Waals surface area contributed by atoms with Gasteiger partial charge in [-0.2, -0.15) is 0 Å². The zero-order valence-electron chi connectivity index (χ0n) is 7.30. The minimum Gasteiger partial charge on any atom is -0.293 e. The highest BCUT2D eigenvalue weighted by Gasteiger charge is 2.03. The highest BCUT2D eigenvalue weighted by Crippen LogP contribution is 2.05. The van der Waals surface area contributed by atoms with Crippen molar-refractivity contribution in [3.8, 4) is 11.8 Å². The van der Waals surface area contributed by atoms with Gasteiger partial charge in [0.2, 0.25) is 0 Å². The molecule has 0 unspecified atom stereocenters. The summed E-state index contributed by atoms with van der Waals surface area (Å²) in [6.45, 7) is 1.67. The third-order valence-corrected chi connectivity index (χ3v) is 1.57. The fourth-order valence-electron chi connectivity index (χ4n) is 0.933. The van der Waals surface area contributed by atoms with E-state index in [0.29, 0.717) is 5.56 Å². The van der Waals surface area contributed by atoms with Gasteiger partial charge >= 0.3 is 0 Å². The molecule has 1 aromatic rings. The fraction of sp³-hybridized carbons (Fsp3) is 0.182. The van der Waals surface area contributed by atoms with Gasteiger partial charge in [-0.3, -0.25) is 4.79 Å². The molecule has 0 fully saturated rings. The molecule has 0 aliphatic heterocycles. The summed E-state index contributed by atoms with van der Waals surface area (Å²) in [6, 6.07) is 5.63. The molecule has 0 aromatic heterocycles. The Morgan fingerprint density at radius 3 is 2.92 bits per heavy atom. The topological polar surface area (TPSA) is 17.1 Å². The third kappa shape index (κ3) is 2.72. The van der Waals surface area contributed by atoms with Crippen molar-refractivity contribution >= 4 is 5.78 Å². The predicted molar refractivity (Wildman–Crippen MR) is 48.8 cm³/mol. The number of Topliss-reactive ketones (excluding diaryl/α,β-unsaturated/α-hetero) is 1. The van der Waals surface area contributed by atoms with Crippen LogP contribution in [0.3, 0.4) is 0 Å². The largest absolute Gasteiger partial charge is 0.293 e. The van der Waals surface area contributed by atoms with Crippen molar-refractivity contribution in [1.29, 1.82) is 0 Å². The maximum absolute atomic E-state index is 12.7. The van der Waals surface area contributed by atoms with Crippen LogP contribution >= 0.6 is 0 Å². The van der Waals surface area contributed by atoms with Gasteiger partial charge in [-0.1, -0.05) is 18.1 Å².